The Morgan fingerprint density at radius 1 is 1.30 bits per heavy atom. The van der Waals surface area contributed by atoms with Crippen LogP contribution in [0.5, 0.6) is 0 Å². The first kappa shape index (κ1) is 15.0. The molecule has 1 unspecified atom stereocenters. The van der Waals surface area contributed by atoms with Crippen molar-refractivity contribution < 1.29 is 9.90 Å². The molecule has 110 valence electrons. The topological polar surface area (TPSA) is 40.5 Å². The quantitative estimate of drug-likeness (QED) is 0.912. The summed E-state index contributed by atoms with van der Waals surface area (Å²) in [6.07, 6.45) is 2.54. The fourth-order valence-electron chi connectivity index (χ4n) is 3.04. The number of carboxylic acids is 1. The molecule has 3 heteroatoms. The van der Waals surface area contributed by atoms with Gasteiger partial charge in [0.05, 0.1) is 5.41 Å². The summed E-state index contributed by atoms with van der Waals surface area (Å²) in [4.78, 5) is 13.8. The second-order valence-corrected chi connectivity index (χ2v) is 6.24. The maximum absolute atomic E-state index is 11.3. The zero-order valence-electron chi connectivity index (χ0n) is 12.7. The Hall–Kier alpha value is -1.35. The number of carbonyl (C=O) groups is 1. The monoisotopic (exact) mass is 275 g/mol. The molecule has 2 rings (SSSR count). The van der Waals surface area contributed by atoms with Crippen molar-refractivity contribution in [3.05, 3.63) is 35.4 Å². The lowest BCUT2D eigenvalue weighted by Gasteiger charge is -2.40. The van der Waals surface area contributed by atoms with E-state index in [0.717, 1.165) is 32.4 Å². The largest absolute Gasteiger partial charge is 0.481 e. The fraction of sp³-hybridized carbons (Fsp3) is 0.588. The molecule has 0 amide bonds. The molecule has 1 heterocycles. The third-order valence-electron chi connectivity index (χ3n) is 4.71. The van der Waals surface area contributed by atoms with Crippen molar-refractivity contribution in [1.29, 1.82) is 0 Å². The van der Waals surface area contributed by atoms with Crippen LogP contribution in [-0.4, -0.2) is 29.1 Å². The third-order valence-corrected chi connectivity index (χ3v) is 4.71. The molecule has 0 spiro atoms. The Kier molecular flexibility index (Phi) is 4.48. The van der Waals surface area contributed by atoms with Crippen molar-refractivity contribution in [1.82, 2.24) is 4.90 Å². The number of likely N-dealkylation sites (tertiary alicyclic amines) is 1. The van der Waals surface area contributed by atoms with Gasteiger partial charge in [0.2, 0.25) is 0 Å². The Balaban J connectivity index is 2.07. The molecule has 1 aromatic rings. The van der Waals surface area contributed by atoms with Crippen LogP contribution in [0.4, 0.5) is 0 Å². The van der Waals surface area contributed by atoms with Gasteiger partial charge in [0.1, 0.15) is 0 Å². The molecule has 1 saturated heterocycles. The number of nitrogens with zero attached hydrogens (tertiary/aromatic N) is 1. The van der Waals surface area contributed by atoms with Crippen LogP contribution in [0, 0.1) is 12.3 Å². The highest BCUT2D eigenvalue weighted by Gasteiger charge is 2.38. The van der Waals surface area contributed by atoms with Crippen molar-refractivity contribution in [3.63, 3.8) is 0 Å². The fourth-order valence-corrected chi connectivity index (χ4v) is 3.04. The molecule has 0 bridgehead atoms. The first-order valence-corrected chi connectivity index (χ1v) is 7.50. The number of rotatable bonds is 4. The second-order valence-electron chi connectivity index (χ2n) is 6.24. The maximum Gasteiger partial charge on any atom is 0.309 e. The van der Waals surface area contributed by atoms with Gasteiger partial charge in [-0.15, -0.1) is 0 Å². The summed E-state index contributed by atoms with van der Waals surface area (Å²) in [5.74, 6) is -0.652. The summed E-state index contributed by atoms with van der Waals surface area (Å²) < 4.78 is 0. The number of carboxylic acid groups (broad SMARTS) is 1. The highest BCUT2D eigenvalue weighted by molar-refractivity contribution is 5.74. The first-order chi connectivity index (χ1) is 9.46. The van der Waals surface area contributed by atoms with Gasteiger partial charge in [-0.25, -0.2) is 0 Å². The molecule has 0 radical (unpaired) electrons. The van der Waals surface area contributed by atoms with Crippen molar-refractivity contribution in [2.45, 2.75) is 46.1 Å². The average molecular weight is 275 g/mol. The molecule has 1 aliphatic rings. The number of aryl methyl sites for hydroxylation is 1. The van der Waals surface area contributed by atoms with Crippen LogP contribution in [0.2, 0.25) is 0 Å². The third kappa shape index (κ3) is 3.04. The van der Waals surface area contributed by atoms with Gasteiger partial charge in [-0.05, 0) is 51.8 Å². The van der Waals surface area contributed by atoms with E-state index < -0.39 is 11.4 Å². The molecule has 1 fully saturated rings. The van der Waals surface area contributed by atoms with Crippen LogP contribution in [0.3, 0.4) is 0 Å². The minimum absolute atomic E-state index is 0.411. The highest BCUT2D eigenvalue weighted by atomic mass is 16.4. The van der Waals surface area contributed by atoms with E-state index in [0.29, 0.717) is 6.04 Å². The standard InChI is InChI=1S/C17H25NO2/c1-4-15(14-7-5-13(2)6-8-14)18-11-9-17(3,10-12-18)16(19)20/h5-8,15H,4,9-12H2,1-3H3,(H,19,20). The van der Waals surface area contributed by atoms with E-state index in [2.05, 4.69) is 43.0 Å². The first-order valence-electron chi connectivity index (χ1n) is 7.50. The number of hydrogen-bond acceptors (Lipinski definition) is 2. The molecule has 0 saturated carbocycles. The predicted octanol–water partition coefficient (Wildman–Crippen LogP) is 3.63. The average Bonchev–Trinajstić information content (AvgIpc) is 2.43. The predicted molar refractivity (Wildman–Crippen MR) is 80.8 cm³/mol. The summed E-state index contributed by atoms with van der Waals surface area (Å²) in [5, 5.41) is 9.31. The molecule has 1 aromatic carbocycles. The van der Waals surface area contributed by atoms with Crippen molar-refractivity contribution in [2.24, 2.45) is 5.41 Å². The lowest BCUT2D eigenvalue weighted by Crippen LogP contribution is -2.44. The second kappa shape index (κ2) is 5.96. The van der Waals surface area contributed by atoms with E-state index in [1.165, 1.54) is 11.1 Å². The molecule has 1 N–H and O–H groups in total. The molecule has 1 atom stereocenters. The van der Waals surface area contributed by atoms with E-state index in [1.807, 2.05) is 6.92 Å². The Morgan fingerprint density at radius 3 is 2.30 bits per heavy atom. The van der Waals surface area contributed by atoms with E-state index in [9.17, 15) is 9.90 Å². The van der Waals surface area contributed by atoms with Crippen LogP contribution in [0.25, 0.3) is 0 Å². The number of piperidine rings is 1. The molecule has 0 aliphatic carbocycles. The minimum atomic E-state index is -0.652. The van der Waals surface area contributed by atoms with Crippen LogP contribution >= 0.6 is 0 Å². The Morgan fingerprint density at radius 2 is 1.85 bits per heavy atom. The summed E-state index contributed by atoms with van der Waals surface area (Å²) >= 11 is 0. The van der Waals surface area contributed by atoms with Crippen LogP contribution in [-0.2, 0) is 4.79 Å². The SMILES string of the molecule is CCC(c1ccc(C)cc1)N1CCC(C)(C(=O)O)CC1. The van der Waals surface area contributed by atoms with Gasteiger partial charge in [0, 0.05) is 6.04 Å². The van der Waals surface area contributed by atoms with Gasteiger partial charge in [-0.3, -0.25) is 9.69 Å². The van der Waals surface area contributed by atoms with Crippen LogP contribution in [0.1, 0.15) is 50.3 Å². The van der Waals surface area contributed by atoms with Gasteiger partial charge in [0.15, 0.2) is 0 Å². The lowest BCUT2D eigenvalue weighted by molar-refractivity contribution is -0.151. The number of benzene rings is 1. The Labute approximate surface area is 121 Å². The number of aliphatic carboxylic acids is 1. The molecular formula is C17H25NO2. The lowest BCUT2D eigenvalue weighted by atomic mass is 9.80. The minimum Gasteiger partial charge on any atom is -0.481 e. The van der Waals surface area contributed by atoms with Crippen molar-refractivity contribution in [2.75, 3.05) is 13.1 Å². The van der Waals surface area contributed by atoms with Crippen molar-refractivity contribution >= 4 is 5.97 Å². The molecule has 20 heavy (non-hydrogen) atoms. The summed E-state index contributed by atoms with van der Waals surface area (Å²) in [5.41, 5.74) is 2.08. The van der Waals surface area contributed by atoms with Gasteiger partial charge in [0.25, 0.3) is 0 Å². The Bertz CT molecular complexity index is 458. The van der Waals surface area contributed by atoms with Crippen LogP contribution in [0.15, 0.2) is 24.3 Å². The summed E-state index contributed by atoms with van der Waals surface area (Å²) in [7, 11) is 0. The van der Waals surface area contributed by atoms with E-state index in [4.69, 9.17) is 0 Å². The summed E-state index contributed by atoms with van der Waals surface area (Å²) in [6, 6.07) is 9.13. The van der Waals surface area contributed by atoms with Gasteiger partial charge in [-0.2, -0.15) is 0 Å². The van der Waals surface area contributed by atoms with Gasteiger partial charge < -0.3 is 5.11 Å². The zero-order chi connectivity index (χ0) is 14.8. The normalized spacial score (nSPS) is 20.6. The highest BCUT2D eigenvalue weighted by Crippen LogP contribution is 2.35. The maximum atomic E-state index is 11.3. The molecular weight excluding hydrogens is 250 g/mol. The summed E-state index contributed by atoms with van der Waals surface area (Å²) in [6.45, 7) is 7.92. The van der Waals surface area contributed by atoms with Gasteiger partial charge in [-0.1, -0.05) is 36.8 Å². The van der Waals surface area contributed by atoms with Gasteiger partial charge >= 0.3 is 5.97 Å². The molecule has 1 aliphatic heterocycles. The molecule has 0 aromatic heterocycles. The zero-order valence-corrected chi connectivity index (χ0v) is 12.7. The number of hydrogen-bond donors (Lipinski definition) is 1. The van der Waals surface area contributed by atoms with E-state index >= 15 is 0 Å². The van der Waals surface area contributed by atoms with E-state index in [-0.39, 0.29) is 0 Å². The molecule has 3 nitrogen and oxygen atoms in total. The van der Waals surface area contributed by atoms with Crippen molar-refractivity contribution in [3.8, 4) is 0 Å². The van der Waals surface area contributed by atoms with E-state index in [1.54, 1.807) is 0 Å². The van der Waals surface area contributed by atoms with Crippen LogP contribution < -0.4 is 0 Å². The smallest absolute Gasteiger partial charge is 0.309 e.